The molecule has 1 N–H and O–H groups in total. The summed E-state index contributed by atoms with van der Waals surface area (Å²) in [6.45, 7) is -1.20. The van der Waals surface area contributed by atoms with E-state index in [1.54, 1.807) is 6.07 Å². The Kier molecular flexibility index (Phi) is 4.90. The Morgan fingerprint density at radius 3 is 2.44 bits per heavy atom. The van der Waals surface area contributed by atoms with Gasteiger partial charge in [-0.05, 0) is 18.1 Å². The van der Waals surface area contributed by atoms with E-state index in [9.17, 15) is 22.8 Å². The topological polar surface area (TPSA) is 66.8 Å². The molecule has 0 spiro atoms. The number of carboxylic acid groups (broad SMARTS) is 1. The van der Waals surface area contributed by atoms with Gasteiger partial charge < -0.3 is 14.7 Å². The third-order valence-electron chi connectivity index (χ3n) is 4.68. The molecule has 1 aliphatic rings. The van der Waals surface area contributed by atoms with E-state index in [1.165, 1.54) is 7.11 Å². The number of alkyl halides is 3. The zero-order valence-corrected chi connectivity index (χ0v) is 15.1. The number of carboxylic acids is 1. The second-order valence-corrected chi connectivity index (χ2v) is 7.29. The molecule has 0 bridgehead atoms. The number of likely N-dealkylation sites (tertiary alicyclic amines) is 1. The van der Waals surface area contributed by atoms with Crippen LogP contribution in [-0.2, 0) is 4.79 Å². The number of rotatable bonds is 4. The highest BCUT2D eigenvalue weighted by Gasteiger charge is 2.64. The van der Waals surface area contributed by atoms with E-state index >= 15 is 0 Å². The van der Waals surface area contributed by atoms with Gasteiger partial charge in [-0.2, -0.15) is 13.2 Å². The van der Waals surface area contributed by atoms with Crippen molar-refractivity contribution in [2.24, 2.45) is 5.41 Å². The van der Waals surface area contributed by atoms with E-state index in [-0.39, 0.29) is 17.2 Å². The van der Waals surface area contributed by atoms with E-state index in [1.807, 2.05) is 30.3 Å². The maximum absolute atomic E-state index is 13.3. The van der Waals surface area contributed by atoms with Crippen molar-refractivity contribution in [2.75, 3.05) is 20.2 Å². The Morgan fingerprint density at radius 2 is 1.93 bits per heavy atom. The largest absolute Gasteiger partial charge is 0.495 e. The number of halogens is 3. The summed E-state index contributed by atoms with van der Waals surface area (Å²) in [5, 5.41) is 9.14. The normalized spacial score (nSPS) is 19.9. The monoisotopic (exact) mass is 399 g/mol. The SMILES string of the molecule is COc1cc(-c2ccccc2)sc1C(=O)N1CCC(C(=O)O)(C(F)(F)F)C1. The number of ether oxygens (including phenoxy) is 1. The third kappa shape index (κ3) is 3.27. The summed E-state index contributed by atoms with van der Waals surface area (Å²) < 4.78 is 45.2. The Balaban J connectivity index is 1.91. The van der Waals surface area contributed by atoms with Gasteiger partial charge in [-0.15, -0.1) is 11.3 Å². The summed E-state index contributed by atoms with van der Waals surface area (Å²) in [7, 11) is 1.37. The van der Waals surface area contributed by atoms with Crippen LogP contribution in [0, 0.1) is 5.41 Å². The van der Waals surface area contributed by atoms with E-state index in [4.69, 9.17) is 9.84 Å². The zero-order chi connectivity index (χ0) is 19.8. The minimum atomic E-state index is -4.94. The molecule has 1 atom stereocenters. The lowest BCUT2D eigenvalue weighted by Crippen LogP contribution is -2.47. The highest BCUT2D eigenvalue weighted by Crippen LogP contribution is 2.47. The van der Waals surface area contributed by atoms with Crippen LogP contribution in [0.4, 0.5) is 13.2 Å². The number of carbonyl (C=O) groups is 2. The lowest BCUT2D eigenvalue weighted by Gasteiger charge is -2.27. The second kappa shape index (κ2) is 6.88. The smallest absolute Gasteiger partial charge is 0.406 e. The minimum absolute atomic E-state index is 0.153. The van der Waals surface area contributed by atoms with Gasteiger partial charge in [0.25, 0.3) is 5.91 Å². The molecule has 1 aromatic heterocycles. The fraction of sp³-hybridized carbons (Fsp3) is 0.333. The van der Waals surface area contributed by atoms with Crippen molar-refractivity contribution in [3.05, 3.63) is 41.3 Å². The molecule has 1 aromatic carbocycles. The highest BCUT2D eigenvalue weighted by molar-refractivity contribution is 7.17. The predicted octanol–water partition coefficient (Wildman–Crippen LogP) is 3.90. The highest BCUT2D eigenvalue weighted by atomic mass is 32.1. The summed E-state index contributed by atoms with van der Waals surface area (Å²) in [5.41, 5.74) is -2.09. The summed E-state index contributed by atoms with van der Waals surface area (Å²) >= 11 is 1.10. The molecule has 1 amide bonds. The van der Waals surface area contributed by atoms with Crippen molar-refractivity contribution in [2.45, 2.75) is 12.6 Å². The van der Waals surface area contributed by atoms with Crippen LogP contribution in [-0.4, -0.2) is 48.3 Å². The maximum Gasteiger partial charge on any atom is 0.406 e. The molecule has 1 saturated heterocycles. The Morgan fingerprint density at radius 1 is 1.26 bits per heavy atom. The third-order valence-corrected chi connectivity index (χ3v) is 5.83. The van der Waals surface area contributed by atoms with Crippen LogP contribution in [0.1, 0.15) is 16.1 Å². The second-order valence-electron chi connectivity index (χ2n) is 6.24. The van der Waals surface area contributed by atoms with E-state index in [0.717, 1.165) is 26.7 Å². The van der Waals surface area contributed by atoms with E-state index in [0.29, 0.717) is 0 Å². The van der Waals surface area contributed by atoms with Crippen molar-refractivity contribution in [3.63, 3.8) is 0 Å². The summed E-state index contributed by atoms with van der Waals surface area (Å²) in [6, 6.07) is 10.8. The first-order chi connectivity index (χ1) is 12.7. The maximum atomic E-state index is 13.3. The first-order valence-electron chi connectivity index (χ1n) is 8.02. The molecule has 27 heavy (non-hydrogen) atoms. The predicted molar refractivity (Wildman–Crippen MR) is 93.0 cm³/mol. The van der Waals surface area contributed by atoms with Gasteiger partial charge in [0, 0.05) is 18.0 Å². The number of aliphatic carboxylic acids is 1. The van der Waals surface area contributed by atoms with Crippen LogP contribution in [0.3, 0.4) is 0 Å². The van der Waals surface area contributed by atoms with E-state index in [2.05, 4.69) is 0 Å². The number of carbonyl (C=O) groups excluding carboxylic acids is 1. The number of amides is 1. The number of hydrogen-bond acceptors (Lipinski definition) is 4. The van der Waals surface area contributed by atoms with Gasteiger partial charge in [0.2, 0.25) is 0 Å². The van der Waals surface area contributed by atoms with Crippen molar-refractivity contribution in [3.8, 4) is 16.2 Å². The molecular weight excluding hydrogens is 383 g/mol. The molecule has 2 aromatic rings. The van der Waals surface area contributed by atoms with Crippen molar-refractivity contribution in [1.29, 1.82) is 0 Å². The fourth-order valence-corrected chi connectivity index (χ4v) is 4.17. The van der Waals surface area contributed by atoms with Gasteiger partial charge in [0.05, 0.1) is 7.11 Å². The molecule has 144 valence electrons. The molecule has 2 heterocycles. The molecule has 1 unspecified atom stereocenters. The fourth-order valence-electron chi connectivity index (χ4n) is 3.07. The average molecular weight is 399 g/mol. The molecule has 3 rings (SSSR count). The van der Waals surface area contributed by atoms with Crippen LogP contribution in [0.15, 0.2) is 36.4 Å². The number of nitrogens with zero attached hydrogens (tertiary/aromatic N) is 1. The number of hydrogen-bond donors (Lipinski definition) is 1. The first kappa shape index (κ1) is 19.2. The van der Waals surface area contributed by atoms with Crippen molar-refractivity contribution >= 4 is 23.2 Å². The number of methoxy groups -OCH3 is 1. The summed E-state index contributed by atoms with van der Waals surface area (Å²) in [5.74, 6) is -2.37. The number of thiophene rings is 1. The molecule has 0 saturated carbocycles. The molecule has 1 fully saturated rings. The van der Waals surface area contributed by atoms with Gasteiger partial charge >= 0.3 is 12.1 Å². The van der Waals surface area contributed by atoms with Crippen molar-refractivity contribution < 1.29 is 32.6 Å². The number of benzene rings is 1. The van der Waals surface area contributed by atoms with Gasteiger partial charge in [-0.3, -0.25) is 9.59 Å². The minimum Gasteiger partial charge on any atom is -0.495 e. The van der Waals surface area contributed by atoms with Gasteiger partial charge in [-0.1, -0.05) is 30.3 Å². The van der Waals surface area contributed by atoms with Crippen molar-refractivity contribution in [1.82, 2.24) is 4.90 Å². The quantitative estimate of drug-likeness (QED) is 0.847. The first-order valence-corrected chi connectivity index (χ1v) is 8.84. The van der Waals surface area contributed by atoms with Gasteiger partial charge in [0.1, 0.15) is 10.6 Å². The summed E-state index contributed by atoms with van der Waals surface area (Å²) in [6.07, 6.45) is -5.61. The standard InChI is InChI=1S/C18H16F3NO4S/c1-26-12-9-13(11-5-3-2-4-6-11)27-14(12)15(23)22-8-7-17(10-22,16(24)25)18(19,20)21/h2-6,9H,7-8,10H2,1H3,(H,24,25). The zero-order valence-electron chi connectivity index (χ0n) is 14.2. The van der Waals surface area contributed by atoms with Crippen LogP contribution in [0.5, 0.6) is 5.75 Å². The lowest BCUT2D eigenvalue weighted by atomic mass is 9.86. The van der Waals surface area contributed by atoms with Crippen LogP contribution in [0.25, 0.3) is 10.4 Å². The molecule has 0 aliphatic carbocycles. The Labute approximate surface area is 157 Å². The van der Waals surface area contributed by atoms with Gasteiger partial charge in [0.15, 0.2) is 5.41 Å². The van der Waals surface area contributed by atoms with Crippen LogP contribution >= 0.6 is 11.3 Å². The van der Waals surface area contributed by atoms with E-state index < -0.39 is 36.4 Å². The molecular formula is C18H16F3NO4S. The molecule has 1 aliphatic heterocycles. The Bertz CT molecular complexity index is 865. The van der Waals surface area contributed by atoms with Crippen LogP contribution < -0.4 is 4.74 Å². The summed E-state index contributed by atoms with van der Waals surface area (Å²) in [4.78, 5) is 25.9. The molecule has 5 nitrogen and oxygen atoms in total. The van der Waals surface area contributed by atoms with Crippen LogP contribution in [0.2, 0.25) is 0 Å². The molecule has 0 radical (unpaired) electrons. The Hall–Kier alpha value is -2.55. The van der Waals surface area contributed by atoms with Gasteiger partial charge in [-0.25, -0.2) is 0 Å². The lowest BCUT2D eigenvalue weighted by molar-refractivity contribution is -0.227. The average Bonchev–Trinajstić information content (AvgIpc) is 3.27. The molecule has 9 heteroatoms.